The summed E-state index contributed by atoms with van der Waals surface area (Å²) in [6.07, 6.45) is 5.35. The molecule has 1 aliphatic carbocycles. The molecule has 128 valence electrons. The lowest BCUT2D eigenvalue weighted by Gasteiger charge is -2.32. The molecule has 1 atom stereocenters. The van der Waals surface area contributed by atoms with E-state index in [-0.39, 0.29) is 5.76 Å². The van der Waals surface area contributed by atoms with Gasteiger partial charge >= 0.3 is 5.97 Å². The summed E-state index contributed by atoms with van der Waals surface area (Å²) in [5, 5.41) is 9.87. The second-order valence-corrected chi connectivity index (χ2v) is 7.06. The Morgan fingerprint density at radius 2 is 2.17 bits per heavy atom. The van der Waals surface area contributed by atoms with Crippen molar-refractivity contribution in [2.45, 2.75) is 38.3 Å². The Bertz CT molecular complexity index is 734. The number of hydrogen-bond donors (Lipinski definition) is 1. The highest BCUT2D eigenvalue weighted by atomic mass is 16.5. The van der Waals surface area contributed by atoms with E-state index in [9.17, 15) is 4.79 Å². The smallest absolute Gasteiger partial charge is 0.371 e. The van der Waals surface area contributed by atoms with Crippen LogP contribution in [0.15, 0.2) is 28.7 Å². The third-order valence-corrected chi connectivity index (χ3v) is 4.92. The summed E-state index contributed by atoms with van der Waals surface area (Å²) in [6.45, 7) is 3.87. The van der Waals surface area contributed by atoms with Crippen LogP contribution in [-0.2, 0) is 11.3 Å². The minimum Gasteiger partial charge on any atom is -0.475 e. The first-order chi connectivity index (χ1) is 11.7. The zero-order valence-electron chi connectivity index (χ0n) is 13.7. The molecular formula is C19H23NO4. The largest absolute Gasteiger partial charge is 0.475 e. The van der Waals surface area contributed by atoms with Crippen molar-refractivity contribution in [2.75, 3.05) is 19.7 Å². The van der Waals surface area contributed by atoms with Crippen LogP contribution in [0.25, 0.3) is 11.0 Å². The van der Waals surface area contributed by atoms with Gasteiger partial charge in [0.25, 0.3) is 0 Å². The van der Waals surface area contributed by atoms with Crippen LogP contribution in [0.3, 0.4) is 0 Å². The average molecular weight is 329 g/mol. The lowest BCUT2D eigenvalue weighted by molar-refractivity contribution is -0.00723. The highest BCUT2D eigenvalue weighted by Crippen LogP contribution is 2.30. The number of aromatic carboxylic acids is 1. The molecule has 1 N–H and O–H groups in total. The average Bonchev–Trinajstić information content (AvgIpc) is 3.30. The SMILES string of the molecule is O=C(O)c1cc2cc(CN3CCCC(OCC4CC4)C3)ccc2o1. The van der Waals surface area contributed by atoms with Gasteiger partial charge in [0.1, 0.15) is 5.58 Å². The number of nitrogens with zero attached hydrogens (tertiary/aromatic N) is 1. The van der Waals surface area contributed by atoms with Crippen molar-refractivity contribution in [1.29, 1.82) is 0 Å². The number of carboxylic acid groups (broad SMARTS) is 1. The normalized spacial score (nSPS) is 22.1. The number of carboxylic acids is 1. The van der Waals surface area contributed by atoms with Gasteiger partial charge in [-0.1, -0.05) is 6.07 Å². The number of hydrogen-bond acceptors (Lipinski definition) is 4. The van der Waals surface area contributed by atoms with Gasteiger partial charge in [-0.05, 0) is 61.9 Å². The fourth-order valence-corrected chi connectivity index (χ4v) is 3.40. The fourth-order valence-electron chi connectivity index (χ4n) is 3.40. The molecule has 1 aliphatic heterocycles. The van der Waals surface area contributed by atoms with Gasteiger partial charge in [0, 0.05) is 25.1 Å². The quantitative estimate of drug-likeness (QED) is 0.878. The number of carbonyl (C=O) groups is 1. The Hall–Kier alpha value is -1.85. The standard InChI is InChI=1S/C19H23NO4/c21-19(22)18-9-15-8-14(5-6-17(15)24-18)10-20-7-1-2-16(11-20)23-12-13-3-4-13/h5-6,8-9,13,16H,1-4,7,10-12H2,(H,21,22). The second kappa shape index (κ2) is 6.57. The van der Waals surface area contributed by atoms with E-state index in [1.54, 1.807) is 6.07 Å². The Morgan fingerprint density at radius 1 is 1.29 bits per heavy atom. The van der Waals surface area contributed by atoms with Crippen LogP contribution in [0.4, 0.5) is 0 Å². The van der Waals surface area contributed by atoms with Gasteiger partial charge in [-0.3, -0.25) is 4.90 Å². The Labute approximate surface area is 141 Å². The van der Waals surface area contributed by atoms with Crippen molar-refractivity contribution >= 4 is 16.9 Å². The van der Waals surface area contributed by atoms with Gasteiger partial charge in [0.15, 0.2) is 0 Å². The molecule has 0 radical (unpaired) electrons. The maximum Gasteiger partial charge on any atom is 0.371 e. The van der Waals surface area contributed by atoms with Crippen molar-refractivity contribution in [2.24, 2.45) is 5.92 Å². The number of likely N-dealkylation sites (tertiary alicyclic amines) is 1. The third kappa shape index (κ3) is 3.62. The molecule has 5 heteroatoms. The lowest BCUT2D eigenvalue weighted by atomic mass is 10.1. The van der Waals surface area contributed by atoms with E-state index in [2.05, 4.69) is 4.90 Å². The first-order valence-corrected chi connectivity index (χ1v) is 8.77. The van der Waals surface area contributed by atoms with Gasteiger partial charge in [-0.2, -0.15) is 0 Å². The highest BCUT2D eigenvalue weighted by molar-refractivity contribution is 5.91. The van der Waals surface area contributed by atoms with Crippen molar-refractivity contribution in [3.63, 3.8) is 0 Å². The Balaban J connectivity index is 1.40. The van der Waals surface area contributed by atoms with Crippen molar-refractivity contribution < 1.29 is 19.1 Å². The zero-order chi connectivity index (χ0) is 16.5. The molecule has 2 fully saturated rings. The molecule has 1 saturated heterocycles. The molecular weight excluding hydrogens is 306 g/mol. The number of benzene rings is 1. The Kier molecular flexibility index (Phi) is 4.29. The third-order valence-electron chi connectivity index (χ3n) is 4.92. The van der Waals surface area contributed by atoms with Crippen molar-refractivity contribution in [1.82, 2.24) is 4.90 Å². The van der Waals surface area contributed by atoms with Crippen LogP contribution < -0.4 is 0 Å². The molecule has 24 heavy (non-hydrogen) atoms. The predicted octanol–water partition coefficient (Wildman–Crippen LogP) is 3.52. The van der Waals surface area contributed by atoms with Gasteiger partial charge < -0.3 is 14.3 Å². The number of furan rings is 1. The monoisotopic (exact) mass is 329 g/mol. The fraction of sp³-hybridized carbons (Fsp3) is 0.526. The molecule has 2 aliphatic rings. The van der Waals surface area contributed by atoms with E-state index < -0.39 is 5.97 Å². The zero-order valence-corrected chi connectivity index (χ0v) is 13.7. The van der Waals surface area contributed by atoms with Crippen LogP contribution in [-0.4, -0.2) is 41.8 Å². The maximum atomic E-state index is 11.0. The lowest BCUT2D eigenvalue weighted by Crippen LogP contribution is -2.39. The van der Waals surface area contributed by atoms with Crippen LogP contribution in [0, 0.1) is 5.92 Å². The minimum absolute atomic E-state index is 0.00587. The van der Waals surface area contributed by atoms with Crippen LogP contribution >= 0.6 is 0 Å². The topological polar surface area (TPSA) is 62.9 Å². The summed E-state index contributed by atoms with van der Waals surface area (Å²) in [7, 11) is 0. The molecule has 0 bridgehead atoms. The van der Waals surface area contributed by atoms with Gasteiger partial charge in [-0.25, -0.2) is 4.79 Å². The van der Waals surface area contributed by atoms with Gasteiger partial charge in [-0.15, -0.1) is 0 Å². The highest BCUT2D eigenvalue weighted by Gasteiger charge is 2.26. The number of fused-ring (bicyclic) bond motifs is 1. The minimum atomic E-state index is -1.03. The van der Waals surface area contributed by atoms with E-state index >= 15 is 0 Å². The Morgan fingerprint density at radius 3 is 2.96 bits per heavy atom. The van der Waals surface area contributed by atoms with Crippen molar-refractivity contribution in [3.05, 3.63) is 35.6 Å². The summed E-state index contributed by atoms with van der Waals surface area (Å²) in [4.78, 5) is 13.4. The van der Waals surface area contributed by atoms with E-state index in [1.807, 2.05) is 18.2 Å². The summed E-state index contributed by atoms with van der Waals surface area (Å²) in [5.74, 6) is -0.222. The van der Waals surface area contributed by atoms with Crippen LogP contribution in [0.2, 0.25) is 0 Å². The maximum absolute atomic E-state index is 11.0. The van der Waals surface area contributed by atoms with Gasteiger partial charge in [0.05, 0.1) is 6.10 Å². The van der Waals surface area contributed by atoms with Crippen LogP contribution in [0.5, 0.6) is 0 Å². The molecule has 0 amide bonds. The molecule has 2 heterocycles. The molecule has 1 aromatic carbocycles. The molecule has 5 nitrogen and oxygen atoms in total. The molecule has 1 unspecified atom stereocenters. The van der Waals surface area contributed by atoms with Crippen LogP contribution in [0.1, 0.15) is 41.8 Å². The first kappa shape index (κ1) is 15.7. The summed E-state index contributed by atoms with van der Waals surface area (Å²) >= 11 is 0. The molecule has 2 aromatic rings. The first-order valence-electron chi connectivity index (χ1n) is 8.77. The number of rotatable bonds is 6. The van der Waals surface area contributed by atoms with E-state index in [0.29, 0.717) is 11.7 Å². The number of ether oxygens (including phenoxy) is 1. The van der Waals surface area contributed by atoms with E-state index in [4.69, 9.17) is 14.3 Å². The van der Waals surface area contributed by atoms with Gasteiger partial charge in [0.2, 0.25) is 5.76 Å². The second-order valence-electron chi connectivity index (χ2n) is 7.06. The molecule has 0 spiro atoms. The summed E-state index contributed by atoms with van der Waals surface area (Å²) in [5.41, 5.74) is 1.81. The van der Waals surface area contributed by atoms with E-state index in [1.165, 1.54) is 24.8 Å². The summed E-state index contributed by atoms with van der Waals surface area (Å²) < 4.78 is 11.4. The van der Waals surface area contributed by atoms with E-state index in [0.717, 1.165) is 44.0 Å². The van der Waals surface area contributed by atoms with Crippen molar-refractivity contribution in [3.8, 4) is 0 Å². The molecule has 1 saturated carbocycles. The summed E-state index contributed by atoms with van der Waals surface area (Å²) in [6, 6.07) is 7.51. The molecule has 4 rings (SSSR count). The predicted molar refractivity (Wildman–Crippen MR) is 90.1 cm³/mol. The molecule has 1 aromatic heterocycles. The number of piperidine rings is 1.